The standard InChI is InChI=1S/C17H30O3Si/c1-5-9-16(18)12-17(21(2,3)4)20-14-19-13-15-10-7-6-8-11-15/h6-8,10-11,16-18H,5,9,12-14H2,1-4H3/t16-,17+/m0/s1. The summed E-state index contributed by atoms with van der Waals surface area (Å²) in [5, 5.41) is 10.0. The lowest BCUT2D eigenvalue weighted by atomic mass is 10.1. The highest BCUT2D eigenvalue weighted by atomic mass is 28.3. The van der Waals surface area contributed by atoms with Crippen LogP contribution < -0.4 is 0 Å². The van der Waals surface area contributed by atoms with E-state index in [4.69, 9.17) is 9.47 Å². The molecule has 2 atom stereocenters. The normalized spacial score (nSPS) is 14.9. The van der Waals surface area contributed by atoms with Crippen molar-refractivity contribution in [3.05, 3.63) is 35.9 Å². The molecule has 120 valence electrons. The van der Waals surface area contributed by atoms with Gasteiger partial charge in [0, 0.05) is 0 Å². The molecule has 0 bridgehead atoms. The van der Waals surface area contributed by atoms with Gasteiger partial charge in [-0.15, -0.1) is 0 Å². The quantitative estimate of drug-likeness (QED) is 0.404. The summed E-state index contributed by atoms with van der Waals surface area (Å²) >= 11 is 0. The molecule has 1 N–H and O–H groups in total. The van der Waals surface area contributed by atoms with Gasteiger partial charge in [-0.05, 0) is 18.4 Å². The van der Waals surface area contributed by atoms with Gasteiger partial charge >= 0.3 is 0 Å². The van der Waals surface area contributed by atoms with E-state index in [2.05, 4.69) is 26.6 Å². The first-order valence-corrected chi connectivity index (χ1v) is 11.4. The Hall–Kier alpha value is -0.683. The Morgan fingerprint density at radius 1 is 1.14 bits per heavy atom. The Balaban J connectivity index is 2.36. The van der Waals surface area contributed by atoms with Crippen LogP contribution in [0.1, 0.15) is 31.7 Å². The summed E-state index contributed by atoms with van der Waals surface area (Å²) in [6, 6.07) is 10.1. The monoisotopic (exact) mass is 310 g/mol. The molecule has 0 aliphatic rings. The van der Waals surface area contributed by atoms with Crippen molar-refractivity contribution in [2.45, 2.75) is 64.3 Å². The van der Waals surface area contributed by atoms with Crippen molar-refractivity contribution >= 4 is 8.07 Å². The molecule has 0 saturated heterocycles. The first-order chi connectivity index (χ1) is 9.93. The van der Waals surface area contributed by atoms with Crippen LogP contribution >= 0.6 is 0 Å². The summed E-state index contributed by atoms with van der Waals surface area (Å²) in [7, 11) is -1.47. The molecular formula is C17H30O3Si. The van der Waals surface area contributed by atoms with Gasteiger partial charge in [-0.2, -0.15) is 0 Å². The zero-order valence-corrected chi connectivity index (χ0v) is 14.8. The Labute approximate surface area is 130 Å². The Morgan fingerprint density at radius 2 is 1.81 bits per heavy atom. The zero-order valence-electron chi connectivity index (χ0n) is 13.8. The van der Waals surface area contributed by atoms with E-state index in [9.17, 15) is 5.11 Å². The summed E-state index contributed by atoms with van der Waals surface area (Å²) < 4.78 is 11.5. The molecule has 0 fully saturated rings. The van der Waals surface area contributed by atoms with Crippen LogP contribution in [0.2, 0.25) is 19.6 Å². The van der Waals surface area contributed by atoms with Crippen molar-refractivity contribution in [1.29, 1.82) is 0 Å². The highest BCUT2D eigenvalue weighted by molar-refractivity contribution is 6.77. The molecule has 0 radical (unpaired) electrons. The summed E-state index contributed by atoms with van der Waals surface area (Å²) in [4.78, 5) is 0. The lowest BCUT2D eigenvalue weighted by Crippen LogP contribution is -2.43. The van der Waals surface area contributed by atoms with Gasteiger partial charge in [-0.3, -0.25) is 0 Å². The number of benzene rings is 1. The molecule has 1 aromatic carbocycles. The molecule has 1 rings (SSSR count). The predicted octanol–water partition coefficient (Wildman–Crippen LogP) is 3.97. The van der Waals surface area contributed by atoms with Gasteiger partial charge in [-0.1, -0.05) is 63.3 Å². The van der Waals surface area contributed by atoms with Crippen LogP contribution in [-0.4, -0.2) is 31.8 Å². The topological polar surface area (TPSA) is 38.7 Å². The molecule has 0 aliphatic carbocycles. The molecule has 0 aromatic heterocycles. The third kappa shape index (κ3) is 7.76. The molecule has 0 saturated carbocycles. The zero-order chi connectivity index (χ0) is 15.7. The van der Waals surface area contributed by atoms with Gasteiger partial charge in [0.25, 0.3) is 0 Å². The highest BCUT2D eigenvalue weighted by Gasteiger charge is 2.29. The fourth-order valence-corrected chi connectivity index (χ4v) is 3.78. The third-order valence-corrected chi connectivity index (χ3v) is 5.87. The number of aliphatic hydroxyl groups excluding tert-OH is 1. The molecular weight excluding hydrogens is 280 g/mol. The fourth-order valence-electron chi connectivity index (χ4n) is 2.23. The molecule has 0 spiro atoms. The molecule has 4 heteroatoms. The minimum absolute atomic E-state index is 0.134. The average Bonchev–Trinajstić information content (AvgIpc) is 2.42. The van der Waals surface area contributed by atoms with E-state index in [0.29, 0.717) is 13.4 Å². The highest BCUT2D eigenvalue weighted by Crippen LogP contribution is 2.19. The second kappa shape index (κ2) is 9.36. The maximum atomic E-state index is 10.0. The molecule has 0 aliphatic heterocycles. The van der Waals surface area contributed by atoms with Crippen LogP contribution in [-0.2, 0) is 16.1 Å². The predicted molar refractivity (Wildman–Crippen MR) is 89.8 cm³/mol. The van der Waals surface area contributed by atoms with Crippen molar-refractivity contribution in [1.82, 2.24) is 0 Å². The number of rotatable bonds is 10. The van der Waals surface area contributed by atoms with E-state index >= 15 is 0 Å². The average molecular weight is 311 g/mol. The van der Waals surface area contributed by atoms with Gasteiger partial charge < -0.3 is 14.6 Å². The first-order valence-electron chi connectivity index (χ1n) is 7.84. The van der Waals surface area contributed by atoms with Gasteiger partial charge in [0.15, 0.2) is 0 Å². The van der Waals surface area contributed by atoms with Crippen molar-refractivity contribution < 1.29 is 14.6 Å². The van der Waals surface area contributed by atoms with Gasteiger partial charge in [0.1, 0.15) is 6.79 Å². The van der Waals surface area contributed by atoms with E-state index in [1.165, 1.54) is 0 Å². The van der Waals surface area contributed by atoms with Gasteiger partial charge in [0.2, 0.25) is 0 Å². The third-order valence-electron chi connectivity index (χ3n) is 3.54. The molecule has 21 heavy (non-hydrogen) atoms. The maximum absolute atomic E-state index is 10.0. The van der Waals surface area contributed by atoms with Crippen molar-refractivity contribution in [2.75, 3.05) is 6.79 Å². The Morgan fingerprint density at radius 3 is 2.38 bits per heavy atom. The number of hydrogen-bond acceptors (Lipinski definition) is 3. The van der Waals surface area contributed by atoms with E-state index in [1.807, 2.05) is 30.3 Å². The van der Waals surface area contributed by atoms with Gasteiger partial charge in [0.05, 0.1) is 26.5 Å². The SMILES string of the molecule is CCC[C@H](O)C[C@H](OCOCc1ccccc1)[Si](C)(C)C. The van der Waals surface area contributed by atoms with Crippen molar-refractivity contribution in [3.63, 3.8) is 0 Å². The number of aliphatic hydroxyl groups is 1. The summed E-state index contributed by atoms with van der Waals surface area (Å²) in [6.45, 7) is 9.77. The molecule has 0 unspecified atom stereocenters. The Kier molecular flexibility index (Phi) is 8.18. The van der Waals surface area contributed by atoms with Gasteiger partial charge in [-0.25, -0.2) is 0 Å². The second-order valence-electron chi connectivity index (χ2n) is 6.65. The van der Waals surface area contributed by atoms with E-state index in [0.717, 1.165) is 24.8 Å². The molecule has 0 amide bonds. The smallest absolute Gasteiger partial charge is 0.147 e. The van der Waals surface area contributed by atoms with E-state index < -0.39 is 8.07 Å². The second-order valence-corrected chi connectivity index (χ2v) is 12.0. The molecule has 1 aromatic rings. The minimum atomic E-state index is -1.47. The Bertz CT molecular complexity index is 375. The summed E-state index contributed by atoms with van der Waals surface area (Å²) in [5.74, 6) is 0. The maximum Gasteiger partial charge on any atom is 0.147 e. The van der Waals surface area contributed by atoms with Crippen LogP contribution in [0, 0.1) is 0 Å². The van der Waals surface area contributed by atoms with E-state index in [-0.39, 0.29) is 11.8 Å². The van der Waals surface area contributed by atoms with Crippen LogP contribution in [0.3, 0.4) is 0 Å². The number of hydrogen-bond donors (Lipinski definition) is 1. The van der Waals surface area contributed by atoms with Crippen molar-refractivity contribution in [3.8, 4) is 0 Å². The molecule has 0 heterocycles. The lowest BCUT2D eigenvalue weighted by Gasteiger charge is -2.30. The number of ether oxygens (including phenoxy) is 2. The van der Waals surface area contributed by atoms with Crippen LogP contribution in [0.15, 0.2) is 30.3 Å². The van der Waals surface area contributed by atoms with Crippen LogP contribution in [0.4, 0.5) is 0 Å². The molecule has 3 nitrogen and oxygen atoms in total. The van der Waals surface area contributed by atoms with E-state index in [1.54, 1.807) is 0 Å². The van der Waals surface area contributed by atoms with Crippen LogP contribution in [0.25, 0.3) is 0 Å². The van der Waals surface area contributed by atoms with Crippen molar-refractivity contribution in [2.24, 2.45) is 0 Å². The largest absolute Gasteiger partial charge is 0.393 e. The minimum Gasteiger partial charge on any atom is -0.393 e. The fraction of sp³-hybridized carbons (Fsp3) is 0.647. The van der Waals surface area contributed by atoms with Crippen LogP contribution in [0.5, 0.6) is 0 Å². The summed E-state index contributed by atoms with van der Waals surface area (Å²) in [6.07, 6.45) is 2.30. The first kappa shape index (κ1) is 18.4. The summed E-state index contributed by atoms with van der Waals surface area (Å²) in [5.41, 5.74) is 1.28. The lowest BCUT2D eigenvalue weighted by molar-refractivity contribution is -0.0848.